The first-order valence-electron chi connectivity index (χ1n) is 9.44. The molecule has 4 nitrogen and oxygen atoms in total. The fraction of sp³-hybridized carbons (Fsp3) is 0.304. The summed E-state index contributed by atoms with van der Waals surface area (Å²) >= 11 is 0. The Hall–Kier alpha value is -2.88. The predicted molar refractivity (Wildman–Crippen MR) is 110 cm³/mol. The molecule has 138 valence electrons. The highest BCUT2D eigenvalue weighted by Gasteiger charge is 2.35. The summed E-state index contributed by atoms with van der Waals surface area (Å²) in [7, 11) is 0. The molecule has 3 aromatic rings. The number of imidazole rings is 1. The van der Waals surface area contributed by atoms with E-state index >= 15 is 0 Å². The van der Waals surface area contributed by atoms with Crippen molar-refractivity contribution in [1.29, 1.82) is 0 Å². The monoisotopic (exact) mass is 359 g/mol. The highest BCUT2D eigenvalue weighted by Crippen LogP contribution is 2.36. The summed E-state index contributed by atoms with van der Waals surface area (Å²) in [6, 6.07) is 12.4. The van der Waals surface area contributed by atoms with Crippen LogP contribution in [0.25, 0.3) is 11.0 Å². The van der Waals surface area contributed by atoms with Gasteiger partial charge in [0.05, 0.1) is 11.0 Å². The molecule has 1 atom stereocenters. The Labute approximate surface area is 160 Å². The average Bonchev–Trinajstić information content (AvgIpc) is 3.16. The van der Waals surface area contributed by atoms with Crippen LogP contribution in [0.15, 0.2) is 49.1 Å². The second-order valence-electron chi connectivity index (χ2n) is 7.51. The molecule has 4 heteroatoms. The van der Waals surface area contributed by atoms with Gasteiger partial charge in [-0.15, -0.1) is 6.58 Å². The number of allylic oxidation sites excluding steroid dienone is 1. The molecule has 0 aliphatic carbocycles. The third kappa shape index (κ3) is 2.95. The predicted octanol–water partition coefficient (Wildman–Crippen LogP) is 4.67. The summed E-state index contributed by atoms with van der Waals surface area (Å²) in [6.07, 6.45) is 2.38. The number of nitrogens with zero attached hydrogens (tertiary/aromatic N) is 3. The van der Waals surface area contributed by atoms with Crippen LogP contribution in [-0.4, -0.2) is 22.0 Å². The van der Waals surface area contributed by atoms with Crippen LogP contribution < -0.4 is 4.90 Å². The highest BCUT2D eigenvalue weighted by atomic mass is 16.2. The zero-order valence-corrected chi connectivity index (χ0v) is 16.2. The fourth-order valence-corrected chi connectivity index (χ4v) is 4.42. The minimum Gasteiger partial charge on any atom is -0.324 e. The van der Waals surface area contributed by atoms with Gasteiger partial charge in [-0.25, -0.2) is 4.98 Å². The van der Waals surface area contributed by atoms with Gasteiger partial charge in [-0.05, 0) is 44.0 Å². The first-order chi connectivity index (χ1) is 13.0. The second kappa shape index (κ2) is 6.69. The number of benzene rings is 2. The molecule has 0 radical (unpaired) electrons. The van der Waals surface area contributed by atoms with E-state index in [0.717, 1.165) is 33.7 Å². The van der Waals surface area contributed by atoms with E-state index in [0.29, 0.717) is 19.5 Å². The van der Waals surface area contributed by atoms with Crippen molar-refractivity contribution in [3.8, 4) is 0 Å². The summed E-state index contributed by atoms with van der Waals surface area (Å²) in [5.74, 6) is 1.24. The Morgan fingerprint density at radius 3 is 2.59 bits per heavy atom. The van der Waals surface area contributed by atoms with Crippen LogP contribution in [0.4, 0.5) is 5.69 Å². The Bertz CT molecular complexity index is 1020. The summed E-state index contributed by atoms with van der Waals surface area (Å²) in [5, 5.41) is 0. The van der Waals surface area contributed by atoms with E-state index in [2.05, 4.69) is 50.1 Å². The summed E-state index contributed by atoms with van der Waals surface area (Å²) in [4.78, 5) is 19.7. The van der Waals surface area contributed by atoms with Crippen LogP contribution in [0, 0.1) is 20.8 Å². The molecular weight excluding hydrogens is 334 g/mol. The molecule has 1 aliphatic heterocycles. The quantitative estimate of drug-likeness (QED) is 0.635. The van der Waals surface area contributed by atoms with Crippen LogP contribution in [-0.2, 0) is 11.3 Å². The van der Waals surface area contributed by atoms with Gasteiger partial charge >= 0.3 is 0 Å². The highest BCUT2D eigenvalue weighted by molar-refractivity contribution is 5.98. The van der Waals surface area contributed by atoms with E-state index in [9.17, 15) is 4.79 Å². The minimum atomic E-state index is 0.0879. The molecule has 1 aliphatic rings. The molecule has 1 fully saturated rings. The van der Waals surface area contributed by atoms with Crippen LogP contribution >= 0.6 is 0 Å². The lowest BCUT2D eigenvalue weighted by Gasteiger charge is -2.22. The first kappa shape index (κ1) is 17.5. The van der Waals surface area contributed by atoms with Crippen molar-refractivity contribution < 1.29 is 4.79 Å². The van der Waals surface area contributed by atoms with E-state index in [-0.39, 0.29) is 11.8 Å². The van der Waals surface area contributed by atoms with E-state index in [1.807, 2.05) is 29.2 Å². The maximum Gasteiger partial charge on any atom is 0.227 e. The van der Waals surface area contributed by atoms with E-state index in [4.69, 9.17) is 4.98 Å². The molecule has 0 saturated carbocycles. The summed E-state index contributed by atoms with van der Waals surface area (Å²) in [5.41, 5.74) is 6.66. The van der Waals surface area contributed by atoms with Crippen molar-refractivity contribution in [2.45, 2.75) is 39.7 Å². The molecule has 27 heavy (non-hydrogen) atoms. The maximum absolute atomic E-state index is 12.9. The van der Waals surface area contributed by atoms with Crippen LogP contribution in [0.2, 0.25) is 0 Å². The van der Waals surface area contributed by atoms with Gasteiger partial charge in [-0.2, -0.15) is 0 Å². The molecule has 1 aromatic heterocycles. The van der Waals surface area contributed by atoms with Crippen molar-refractivity contribution >= 4 is 22.6 Å². The number of hydrogen-bond acceptors (Lipinski definition) is 2. The average molecular weight is 359 g/mol. The van der Waals surface area contributed by atoms with E-state index in [1.54, 1.807) is 0 Å². The smallest absolute Gasteiger partial charge is 0.227 e. The van der Waals surface area contributed by atoms with Crippen molar-refractivity contribution in [3.05, 3.63) is 71.6 Å². The zero-order chi connectivity index (χ0) is 19.1. The Kier molecular flexibility index (Phi) is 4.34. The number of para-hydroxylation sites is 2. The third-order valence-electron chi connectivity index (χ3n) is 5.39. The number of rotatable bonds is 4. The third-order valence-corrected chi connectivity index (χ3v) is 5.39. The van der Waals surface area contributed by atoms with Crippen molar-refractivity contribution in [3.63, 3.8) is 0 Å². The van der Waals surface area contributed by atoms with Crippen molar-refractivity contribution in [2.75, 3.05) is 11.4 Å². The summed E-state index contributed by atoms with van der Waals surface area (Å²) in [6.45, 7) is 11.5. The molecule has 2 aromatic carbocycles. The van der Waals surface area contributed by atoms with Gasteiger partial charge in [-0.3, -0.25) is 4.79 Å². The van der Waals surface area contributed by atoms with Crippen molar-refractivity contribution in [2.24, 2.45) is 0 Å². The largest absolute Gasteiger partial charge is 0.324 e. The maximum atomic E-state index is 12.9. The van der Waals surface area contributed by atoms with Gasteiger partial charge < -0.3 is 9.47 Å². The van der Waals surface area contributed by atoms with Gasteiger partial charge in [-0.1, -0.05) is 35.9 Å². The molecule has 0 N–H and O–H groups in total. The van der Waals surface area contributed by atoms with Gasteiger partial charge in [0.1, 0.15) is 5.82 Å². The number of fused-ring (bicyclic) bond motifs is 1. The lowest BCUT2D eigenvalue weighted by Crippen LogP contribution is -2.26. The Morgan fingerprint density at radius 2 is 1.89 bits per heavy atom. The number of hydrogen-bond donors (Lipinski definition) is 0. The SMILES string of the molecule is C=CCn1c([C@@H]2CC(=O)N(c3c(C)cc(C)cc3C)C2)nc2ccccc21. The standard InChI is InChI=1S/C23H25N3O/c1-5-10-25-20-9-7-6-8-19(20)24-23(25)18-13-21(27)26(14-18)22-16(3)11-15(2)12-17(22)4/h5-9,11-12,18H,1,10,13-14H2,2-4H3/t18-/m1/s1. The molecule has 4 rings (SSSR count). The molecule has 0 bridgehead atoms. The van der Waals surface area contributed by atoms with Gasteiger partial charge in [0.25, 0.3) is 0 Å². The lowest BCUT2D eigenvalue weighted by molar-refractivity contribution is -0.117. The van der Waals surface area contributed by atoms with Crippen molar-refractivity contribution in [1.82, 2.24) is 9.55 Å². The fourth-order valence-electron chi connectivity index (χ4n) is 4.42. The molecule has 0 unspecified atom stereocenters. The summed E-state index contributed by atoms with van der Waals surface area (Å²) < 4.78 is 2.19. The number of aryl methyl sites for hydroxylation is 3. The molecule has 0 spiro atoms. The molecule has 1 saturated heterocycles. The first-order valence-corrected chi connectivity index (χ1v) is 9.44. The van der Waals surface area contributed by atoms with Gasteiger partial charge in [0.2, 0.25) is 5.91 Å². The topological polar surface area (TPSA) is 38.1 Å². The zero-order valence-electron chi connectivity index (χ0n) is 16.2. The van der Waals surface area contributed by atoms with Crippen LogP contribution in [0.3, 0.4) is 0 Å². The van der Waals surface area contributed by atoms with Crippen LogP contribution in [0.5, 0.6) is 0 Å². The molecule has 1 amide bonds. The minimum absolute atomic E-state index is 0.0879. The number of anilines is 1. The second-order valence-corrected chi connectivity index (χ2v) is 7.51. The van der Waals surface area contributed by atoms with E-state index in [1.165, 1.54) is 5.56 Å². The van der Waals surface area contributed by atoms with Gasteiger partial charge in [0, 0.05) is 31.1 Å². The number of amides is 1. The van der Waals surface area contributed by atoms with Gasteiger partial charge in [0.15, 0.2) is 0 Å². The normalized spacial score (nSPS) is 17.1. The van der Waals surface area contributed by atoms with E-state index < -0.39 is 0 Å². The Morgan fingerprint density at radius 1 is 1.19 bits per heavy atom. The molecule has 2 heterocycles. The van der Waals surface area contributed by atoms with Crippen LogP contribution in [0.1, 0.15) is 34.9 Å². The number of carbonyl (C=O) groups excluding carboxylic acids is 1. The molecular formula is C23H25N3O. The number of aromatic nitrogens is 2. The lowest BCUT2D eigenvalue weighted by atomic mass is 10.0. The Balaban J connectivity index is 1.74. The number of carbonyl (C=O) groups is 1.